The van der Waals surface area contributed by atoms with Crippen LogP contribution in [0.25, 0.3) is 0 Å². The third-order valence-corrected chi connectivity index (χ3v) is 6.65. The fourth-order valence-corrected chi connectivity index (χ4v) is 4.70. The van der Waals surface area contributed by atoms with Gasteiger partial charge in [0.1, 0.15) is 4.21 Å². The summed E-state index contributed by atoms with van der Waals surface area (Å²) in [6, 6.07) is 2.94. The number of sulfonamides is 1. The van der Waals surface area contributed by atoms with Crippen molar-refractivity contribution in [3.8, 4) is 0 Å². The second kappa shape index (κ2) is 8.47. The molecule has 1 fully saturated rings. The van der Waals surface area contributed by atoms with Gasteiger partial charge in [0.15, 0.2) is 0 Å². The highest BCUT2D eigenvalue weighted by Gasteiger charge is 2.24. The number of nitrogens with two attached hydrogens (primary N) is 1. The van der Waals surface area contributed by atoms with Gasteiger partial charge in [-0.3, -0.25) is 4.79 Å². The number of likely N-dealkylation sites (tertiary alicyclic amines) is 1. The maximum atomic E-state index is 12.0. The van der Waals surface area contributed by atoms with Crippen LogP contribution in [-0.4, -0.2) is 45.4 Å². The van der Waals surface area contributed by atoms with E-state index in [0.29, 0.717) is 29.9 Å². The van der Waals surface area contributed by atoms with Gasteiger partial charge in [-0.05, 0) is 37.4 Å². The lowest BCUT2D eigenvalue weighted by molar-refractivity contribution is -0.131. The van der Waals surface area contributed by atoms with E-state index in [9.17, 15) is 13.2 Å². The van der Waals surface area contributed by atoms with Gasteiger partial charge in [-0.2, -0.15) is 0 Å². The van der Waals surface area contributed by atoms with Crippen molar-refractivity contribution < 1.29 is 13.2 Å². The molecular formula is C12H19Cl2N3O3S2. The zero-order valence-corrected chi connectivity index (χ0v) is 15.0. The Labute approximate surface area is 145 Å². The summed E-state index contributed by atoms with van der Waals surface area (Å²) in [4.78, 5) is 13.7. The minimum Gasteiger partial charge on any atom is -0.342 e. The van der Waals surface area contributed by atoms with Crippen LogP contribution in [-0.2, 0) is 14.8 Å². The average Bonchev–Trinajstić information content (AvgIpc) is 2.92. The largest absolute Gasteiger partial charge is 0.342 e. The summed E-state index contributed by atoms with van der Waals surface area (Å²) in [5.41, 5.74) is 5.60. The predicted octanol–water partition coefficient (Wildman–Crippen LogP) is 1.30. The van der Waals surface area contributed by atoms with Gasteiger partial charge in [-0.25, -0.2) is 13.1 Å². The normalized spacial score (nSPS) is 16.4. The molecule has 1 aliphatic heterocycles. The maximum absolute atomic E-state index is 12.0. The Morgan fingerprint density at radius 2 is 2.05 bits per heavy atom. The Morgan fingerprint density at radius 1 is 1.41 bits per heavy atom. The van der Waals surface area contributed by atoms with Gasteiger partial charge in [0, 0.05) is 13.1 Å². The molecule has 0 aliphatic carbocycles. The highest BCUT2D eigenvalue weighted by Crippen LogP contribution is 2.25. The number of halogens is 2. The van der Waals surface area contributed by atoms with E-state index in [-0.39, 0.29) is 29.1 Å². The smallest absolute Gasteiger partial charge is 0.250 e. The van der Waals surface area contributed by atoms with Gasteiger partial charge in [0.2, 0.25) is 5.91 Å². The van der Waals surface area contributed by atoms with Crippen LogP contribution in [0.2, 0.25) is 4.34 Å². The maximum Gasteiger partial charge on any atom is 0.250 e. The molecule has 1 aliphatic rings. The molecule has 1 amide bonds. The standard InChI is InChI=1S/C12H18ClN3O3S2.ClH/c13-10-1-2-12(20-10)21(18,19)15-8-11(17)16-5-3-9(7-14)4-6-16;/h1-2,9,15H,3-8,14H2;1H. The van der Waals surface area contributed by atoms with Crippen molar-refractivity contribution in [1.29, 1.82) is 0 Å². The predicted molar refractivity (Wildman–Crippen MR) is 90.1 cm³/mol. The van der Waals surface area contributed by atoms with E-state index in [4.69, 9.17) is 17.3 Å². The molecule has 0 spiro atoms. The third kappa shape index (κ3) is 5.07. The fraction of sp³-hybridized carbons (Fsp3) is 0.583. The van der Waals surface area contributed by atoms with Crippen LogP contribution in [0.4, 0.5) is 0 Å². The van der Waals surface area contributed by atoms with Crippen molar-refractivity contribution in [2.45, 2.75) is 17.1 Å². The Kier molecular flexibility index (Phi) is 7.57. The number of nitrogens with zero attached hydrogens (tertiary/aromatic N) is 1. The van der Waals surface area contributed by atoms with E-state index in [1.807, 2.05) is 0 Å². The van der Waals surface area contributed by atoms with E-state index in [0.717, 1.165) is 24.2 Å². The Hall–Kier alpha value is -0.380. The van der Waals surface area contributed by atoms with E-state index in [2.05, 4.69) is 4.72 Å². The van der Waals surface area contributed by atoms with Crippen LogP contribution in [0, 0.1) is 5.92 Å². The lowest BCUT2D eigenvalue weighted by Gasteiger charge is -2.31. The fourth-order valence-electron chi connectivity index (χ4n) is 2.20. The van der Waals surface area contributed by atoms with Crippen LogP contribution in [0.1, 0.15) is 12.8 Å². The minimum atomic E-state index is -3.67. The molecule has 10 heteroatoms. The molecule has 0 saturated carbocycles. The van der Waals surface area contributed by atoms with Gasteiger partial charge in [0.05, 0.1) is 10.9 Å². The molecule has 0 unspecified atom stereocenters. The molecule has 1 aromatic rings. The molecule has 1 aromatic heterocycles. The lowest BCUT2D eigenvalue weighted by Crippen LogP contribution is -2.44. The SMILES string of the molecule is Cl.NCC1CCN(C(=O)CNS(=O)(=O)c2ccc(Cl)s2)CC1. The van der Waals surface area contributed by atoms with E-state index >= 15 is 0 Å². The summed E-state index contributed by atoms with van der Waals surface area (Å²) in [5, 5.41) is 0. The number of rotatable bonds is 5. The van der Waals surface area contributed by atoms with E-state index < -0.39 is 10.0 Å². The van der Waals surface area contributed by atoms with Crippen molar-refractivity contribution >= 4 is 51.3 Å². The van der Waals surface area contributed by atoms with Gasteiger partial charge in [0.25, 0.3) is 10.0 Å². The first-order chi connectivity index (χ1) is 9.92. The number of hydrogen-bond donors (Lipinski definition) is 2. The molecule has 2 rings (SSSR count). The molecular weight excluding hydrogens is 369 g/mol. The second-order valence-corrected chi connectivity index (χ2v) is 8.65. The van der Waals surface area contributed by atoms with Gasteiger partial charge in [-0.15, -0.1) is 23.7 Å². The highest BCUT2D eigenvalue weighted by atomic mass is 35.5. The zero-order valence-electron chi connectivity index (χ0n) is 11.8. The summed E-state index contributed by atoms with van der Waals surface area (Å²) in [5.74, 6) is 0.246. The molecule has 0 atom stereocenters. The number of hydrogen-bond acceptors (Lipinski definition) is 5. The number of carbonyl (C=O) groups excluding carboxylic acids is 1. The molecule has 0 radical (unpaired) electrons. The zero-order chi connectivity index (χ0) is 15.5. The molecule has 0 aromatic carbocycles. The Balaban J connectivity index is 0.00000242. The van der Waals surface area contributed by atoms with E-state index in [1.54, 1.807) is 4.90 Å². The summed E-state index contributed by atoms with van der Waals surface area (Å²) in [7, 11) is -3.67. The number of piperidine rings is 1. The van der Waals surface area contributed by atoms with Crippen molar-refractivity contribution in [2.24, 2.45) is 11.7 Å². The molecule has 0 bridgehead atoms. The Morgan fingerprint density at radius 3 is 2.55 bits per heavy atom. The van der Waals surface area contributed by atoms with Crippen LogP contribution in [0.3, 0.4) is 0 Å². The number of nitrogens with one attached hydrogen (secondary N) is 1. The third-order valence-electron chi connectivity index (χ3n) is 3.53. The van der Waals surface area contributed by atoms with Crippen LogP contribution >= 0.6 is 35.3 Å². The molecule has 2 heterocycles. The molecule has 3 N–H and O–H groups in total. The van der Waals surface area contributed by atoms with E-state index in [1.165, 1.54) is 12.1 Å². The number of carbonyl (C=O) groups is 1. The molecule has 1 saturated heterocycles. The molecule has 6 nitrogen and oxygen atoms in total. The van der Waals surface area contributed by atoms with Crippen molar-refractivity contribution in [2.75, 3.05) is 26.2 Å². The van der Waals surface area contributed by atoms with Gasteiger partial charge in [-0.1, -0.05) is 11.6 Å². The first-order valence-corrected chi connectivity index (χ1v) is 9.33. The molecule has 22 heavy (non-hydrogen) atoms. The first-order valence-electron chi connectivity index (χ1n) is 6.65. The van der Waals surface area contributed by atoms with Crippen molar-refractivity contribution in [1.82, 2.24) is 9.62 Å². The summed E-state index contributed by atoms with van der Waals surface area (Å²) < 4.78 is 26.8. The monoisotopic (exact) mass is 387 g/mol. The van der Waals surface area contributed by atoms with Crippen LogP contribution < -0.4 is 10.5 Å². The quantitative estimate of drug-likeness (QED) is 0.795. The van der Waals surface area contributed by atoms with Gasteiger partial charge >= 0.3 is 0 Å². The topological polar surface area (TPSA) is 92.5 Å². The van der Waals surface area contributed by atoms with Crippen LogP contribution in [0.5, 0.6) is 0 Å². The first kappa shape index (κ1) is 19.7. The summed E-state index contributed by atoms with van der Waals surface area (Å²) in [6.07, 6.45) is 1.74. The summed E-state index contributed by atoms with van der Waals surface area (Å²) in [6.45, 7) is 1.67. The van der Waals surface area contributed by atoms with Crippen molar-refractivity contribution in [3.63, 3.8) is 0 Å². The second-order valence-electron chi connectivity index (χ2n) is 4.94. The number of amides is 1. The number of thiophene rings is 1. The minimum absolute atomic E-state index is 0. The lowest BCUT2D eigenvalue weighted by atomic mass is 9.97. The average molecular weight is 388 g/mol. The molecule has 126 valence electrons. The van der Waals surface area contributed by atoms with Crippen molar-refractivity contribution in [3.05, 3.63) is 16.5 Å². The highest BCUT2D eigenvalue weighted by molar-refractivity contribution is 7.91. The van der Waals surface area contributed by atoms with Crippen LogP contribution in [0.15, 0.2) is 16.3 Å². The summed E-state index contributed by atoms with van der Waals surface area (Å²) >= 11 is 6.68. The van der Waals surface area contributed by atoms with Gasteiger partial charge < -0.3 is 10.6 Å². The Bertz CT molecular complexity index is 599.